The first-order valence-electron chi connectivity index (χ1n) is 6.13. The summed E-state index contributed by atoms with van der Waals surface area (Å²) in [6.45, 7) is 2.08. The third kappa shape index (κ3) is 2.51. The Morgan fingerprint density at radius 3 is 2.83 bits per heavy atom. The van der Waals surface area contributed by atoms with Gasteiger partial charge in [0.2, 0.25) is 0 Å². The Hall–Kier alpha value is -1.49. The van der Waals surface area contributed by atoms with Crippen LogP contribution < -0.4 is 11.3 Å². The Kier molecular flexibility index (Phi) is 4.25. The number of fused-ring (bicyclic) bond motifs is 1. The predicted octanol–water partition coefficient (Wildman–Crippen LogP) is 2.16. The van der Waals surface area contributed by atoms with Crippen molar-refractivity contribution in [3.63, 3.8) is 0 Å². The summed E-state index contributed by atoms with van der Waals surface area (Å²) in [4.78, 5) is 4.45. The lowest BCUT2D eigenvalue weighted by molar-refractivity contribution is 0.0650. The second kappa shape index (κ2) is 5.91. The van der Waals surface area contributed by atoms with Gasteiger partial charge in [0, 0.05) is 18.7 Å². The predicted molar refractivity (Wildman–Crippen MR) is 72.9 cm³/mol. The standard InChI is InChI=1S/C14H19N3O/c1-3-13(18-2)14(17-15)11-8-10-6-4-5-7-12(10)16-9-11/h4-9,13-14,17H,3,15H2,1-2H3. The number of aromatic nitrogens is 1. The van der Waals surface area contributed by atoms with Crippen molar-refractivity contribution >= 4 is 10.9 Å². The zero-order valence-electron chi connectivity index (χ0n) is 10.8. The lowest BCUT2D eigenvalue weighted by Crippen LogP contribution is -2.37. The molecule has 0 fully saturated rings. The van der Waals surface area contributed by atoms with Crippen molar-refractivity contribution in [1.82, 2.24) is 10.4 Å². The summed E-state index contributed by atoms with van der Waals surface area (Å²) in [5, 5.41) is 1.11. The van der Waals surface area contributed by atoms with E-state index < -0.39 is 0 Å². The molecular formula is C14H19N3O. The maximum atomic E-state index is 5.64. The van der Waals surface area contributed by atoms with Gasteiger partial charge >= 0.3 is 0 Å². The number of nitrogens with two attached hydrogens (primary N) is 1. The Morgan fingerprint density at radius 2 is 2.17 bits per heavy atom. The largest absolute Gasteiger partial charge is 0.379 e. The zero-order valence-corrected chi connectivity index (χ0v) is 10.8. The number of para-hydroxylation sites is 1. The van der Waals surface area contributed by atoms with Crippen molar-refractivity contribution in [2.75, 3.05) is 7.11 Å². The molecule has 0 amide bonds. The number of pyridine rings is 1. The van der Waals surface area contributed by atoms with Gasteiger partial charge in [-0.1, -0.05) is 25.1 Å². The molecule has 0 aliphatic heterocycles. The molecule has 96 valence electrons. The lowest BCUT2D eigenvalue weighted by Gasteiger charge is -2.24. The van der Waals surface area contributed by atoms with Crippen LogP contribution in [0.5, 0.6) is 0 Å². The van der Waals surface area contributed by atoms with Gasteiger partial charge < -0.3 is 4.74 Å². The third-order valence-corrected chi connectivity index (χ3v) is 3.23. The van der Waals surface area contributed by atoms with Crippen molar-refractivity contribution in [2.45, 2.75) is 25.5 Å². The minimum Gasteiger partial charge on any atom is -0.379 e. The number of nitrogens with zero attached hydrogens (tertiary/aromatic N) is 1. The van der Waals surface area contributed by atoms with E-state index in [0.29, 0.717) is 0 Å². The topological polar surface area (TPSA) is 60.2 Å². The Bertz CT molecular complexity index is 511. The molecular weight excluding hydrogens is 226 g/mol. The van der Waals surface area contributed by atoms with E-state index in [1.165, 1.54) is 0 Å². The number of nitrogens with one attached hydrogen (secondary N) is 1. The molecule has 1 aromatic carbocycles. The van der Waals surface area contributed by atoms with Gasteiger partial charge in [0.25, 0.3) is 0 Å². The molecule has 4 nitrogen and oxygen atoms in total. The molecule has 1 aromatic heterocycles. The van der Waals surface area contributed by atoms with Crippen LogP contribution in [0.15, 0.2) is 36.5 Å². The van der Waals surface area contributed by atoms with Gasteiger partial charge in [-0.15, -0.1) is 0 Å². The molecule has 4 heteroatoms. The fourth-order valence-corrected chi connectivity index (χ4v) is 2.21. The van der Waals surface area contributed by atoms with Crippen molar-refractivity contribution in [3.05, 3.63) is 42.1 Å². The number of hydrogen-bond donors (Lipinski definition) is 2. The van der Waals surface area contributed by atoms with Gasteiger partial charge in [-0.2, -0.15) is 0 Å². The van der Waals surface area contributed by atoms with Gasteiger partial charge in [0.1, 0.15) is 0 Å². The fraction of sp³-hybridized carbons (Fsp3) is 0.357. The van der Waals surface area contributed by atoms with Crippen LogP contribution in [0.2, 0.25) is 0 Å². The minimum atomic E-state index is -0.0443. The first-order valence-corrected chi connectivity index (χ1v) is 6.13. The van der Waals surface area contributed by atoms with E-state index >= 15 is 0 Å². The maximum absolute atomic E-state index is 5.64. The highest BCUT2D eigenvalue weighted by Gasteiger charge is 2.20. The van der Waals surface area contributed by atoms with E-state index in [0.717, 1.165) is 22.9 Å². The quantitative estimate of drug-likeness (QED) is 0.626. The molecule has 0 bridgehead atoms. The third-order valence-electron chi connectivity index (χ3n) is 3.23. The van der Waals surface area contributed by atoms with Crippen LogP contribution in [0.4, 0.5) is 0 Å². The van der Waals surface area contributed by atoms with Gasteiger partial charge in [-0.3, -0.25) is 16.3 Å². The number of hydrazine groups is 1. The van der Waals surface area contributed by atoms with E-state index in [1.54, 1.807) is 7.11 Å². The van der Waals surface area contributed by atoms with Gasteiger partial charge in [-0.25, -0.2) is 0 Å². The van der Waals surface area contributed by atoms with E-state index in [2.05, 4.69) is 23.4 Å². The van der Waals surface area contributed by atoms with Crippen molar-refractivity contribution < 1.29 is 4.74 Å². The second-order valence-corrected chi connectivity index (χ2v) is 4.29. The molecule has 2 aromatic rings. The SMILES string of the molecule is CCC(OC)C(NN)c1cnc2ccccc2c1. The molecule has 0 saturated carbocycles. The summed E-state index contributed by atoms with van der Waals surface area (Å²) >= 11 is 0. The van der Waals surface area contributed by atoms with Crippen LogP contribution in [0.25, 0.3) is 10.9 Å². The Balaban J connectivity index is 2.39. The summed E-state index contributed by atoms with van der Waals surface area (Å²) in [7, 11) is 1.70. The fourth-order valence-electron chi connectivity index (χ4n) is 2.21. The van der Waals surface area contributed by atoms with Gasteiger partial charge in [0.15, 0.2) is 0 Å². The summed E-state index contributed by atoms with van der Waals surface area (Å²) in [5.74, 6) is 5.64. The molecule has 2 atom stereocenters. The molecule has 3 N–H and O–H groups in total. The summed E-state index contributed by atoms with van der Waals surface area (Å²) in [5.41, 5.74) is 4.85. The molecule has 18 heavy (non-hydrogen) atoms. The second-order valence-electron chi connectivity index (χ2n) is 4.29. The Labute approximate surface area is 107 Å². The number of ether oxygens (including phenoxy) is 1. The van der Waals surface area contributed by atoms with Crippen LogP contribution in [-0.2, 0) is 4.74 Å². The highest BCUT2D eigenvalue weighted by atomic mass is 16.5. The molecule has 0 saturated heterocycles. The highest BCUT2D eigenvalue weighted by molar-refractivity contribution is 5.78. The molecule has 0 radical (unpaired) electrons. The van der Waals surface area contributed by atoms with E-state index in [9.17, 15) is 0 Å². The highest BCUT2D eigenvalue weighted by Crippen LogP contribution is 2.23. The van der Waals surface area contributed by atoms with Crippen LogP contribution in [0.1, 0.15) is 24.9 Å². The van der Waals surface area contributed by atoms with Gasteiger partial charge in [-0.05, 0) is 24.1 Å². The number of methoxy groups -OCH3 is 1. The first-order chi connectivity index (χ1) is 8.80. The number of hydrogen-bond acceptors (Lipinski definition) is 4. The van der Waals surface area contributed by atoms with Gasteiger partial charge in [0.05, 0.1) is 17.7 Å². The summed E-state index contributed by atoms with van der Waals surface area (Å²) in [6.07, 6.45) is 2.78. The molecule has 2 unspecified atom stereocenters. The minimum absolute atomic E-state index is 0.0398. The van der Waals surface area contributed by atoms with Crippen LogP contribution in [0.3, 0.4) is 0 Å². The lowest BCUT2D eigenvalue weighted by atomic mass is 10.0. The number of rotatable bonds is 5. The van der Waals surface area contributed by atoms with E-state index in [1.807, 2.05) is 30.5 Å². The normalized spacial score (nSPS) is 14.6. The van der Waals surface area contributed by atoms with E-state index in [4.69, 9.17) is 10.6 Å². The summed E-state index contributed by atoms with van der Waals surface area (Å²) in [6, 6.07) is 10.1. The molecule has 0 spiro atoms. The van der Waals surface area contributed by atoms with Crippen LogP contribution >= 0.6 is 0 Å². The Morgan fingerprint density at radius 1 is 1.39 bits per heavy atom. The van der Waals surface area contributed by atoms with Crippen molar-refractivity contribution in [1.29, 1.82) is 0 Å². The first kappa shape index (κ1) is 13.0. The zero-order chi connectivity index (χ0) is 13.0. The molecule has 1 heterocycles. The maximum Gasteiger partial charge on any atom is 0.0776 e. The van der Waals surface area contributed by atoms with Crippen molar-refractivity contribution in [3.8, 4) is 0 Å². The van der Waals surface area contributed by atoms with Crippen LogP contribution in [0, 0.1) is 0 Å². The summed E-state index contributed by atoms with van der Waals surface area (Å²) < 4.78 is 5.45. The van der Waals surface area contributed by atoms with Crippen LogP contribution in [-0.4, -0.2) is 18.2 Å². The molecule has 2 rings (SSSR count). The van der Waals surface area contributed by atoms with E-state index in [-0.39, 0.29) is 12.1 Å². The number of benzene rings is 1. The smallest absolute Gasteiger partial charge is 0.0776 e. The average Bonchev–Trinajstić information content (AvgIpc) is 2.44. The molecule has 0 aliphatic carbocycles. The monoisotopic (exact) mass is 245 g/mol. The van der Waals surface area contributed by atoms with Crippen molar-refractivity contribution in [2.24, 2.45) is 5.84 Å². The molecule has 0 aliphatic rings. The average molecular weight is 245 g/mol.